The fraction of sp³-hybridized carbons (Fsp3) is 0.333. The van der Waals surface area contributed by atoms with Crippen molar-refractivity contribution in [3.63, 3.8) is 0 Å². The first-order chi connectivity index (χ1) is 8.35. The van der Waals surface area contributed by atoms with Crippen LogP contribution in [0.25, 0.3) is 10.8 Å². The molecule has 1 saturated heterocycles. The van der Waals surface area contributed by atoms with Crippen LogP contribution in [0.5, 0.6) is 5.75 Å². The zero-order valence-electron chi connectivity index (χ0n) is 10.1. The molecule has 17 heavy (non-hydrogen) atoms. The first-order valence-corrected chi connectivity index (χ1v) is 6.12. The van der Waals surface area contributed by atoms with Gasteiger partial charge in [-0.15, -0.1) is 0 Å². The number of methoxy groups -OCH3 is 1. The second-order valence-electron chi connectivity index (χ2n) is 4.78. The van der Waals surface area contributed by atoms with Crippen LogP contribution in [0.1, 0.15) is 5.56 Å². The van der Waals surface area contributed by atoms with Gasteiger partial charge >= 0.3 is 0 Å². The van der Waals surface area contributed by atoms with Gasteiger partial charge in [0.2, 0.25) is 0 Å². The van der Waals surface area contributed by atoms with Crippen molar-refractivity contribution in [2.24, 2.45) is 5.92 Å². The second-order valence-corrected chi connectivity index (χ2v) is 4.78. The van der Waals surface area contributed by atoms with E-state index in [0.717, 1.165) is 11.7 Å². The summed E-state index contributed by atoms with van der Waals surface area (Å²) in [6, 6.07) is 13.0. The molecular formula is C15H17NO. The highest BCUT2D eigenvalue weighted by molar-refractivity contribution is 5.84. The van der Waals surface area contributed by atoms with Gasteiger partial charge in [0, 0.05) is 0 Å². The van der Waals surface area contributed by atoms with Gasteiger partial charge in [0.1, 0.15) is 5.75 Å². The Labute approximate surface area is 102 Å². The van der Waals surface area contributed by atoms with Gasteiger partial charge in [0.25, 0.3) is 0 Å². The fourth-order valence-electron chi connectivity index (χ4n) is 2.35. The minimum Gasteiger partial charge on any atom is -0.497 e. The molecule has 2 aromatic rings. The van der Waals surface area contributed by atoms with Gasteiger partial charge < -0.3 is 10.1 Å². The van der Waals surface area contributed by atoms with Gasteiger partial charge in [0.05, 0.1) is 7.11 Å². The van der Waals surface area contributed by atoms with Crippen molar-refractivity contribution in [3.8, 4) is 5.75 Å². The minimum absolute atomic E-state index is 0.825. The van der Waals surface area contributed by atoms with E-state index >= 15 is 0 Å². The van der Waals surface area contributed by atoms with E-state index in [-0.39, 0.29) is 0 Å². The monoisotopic (exact) mass is 227 g/mol. The number of hydrogen-bond acceptors (Lipinski definition) is 2. The van der Waals surface area contributed by atoms with Crippen LogP contribution >= 0.6 is 0 Å². The van der Waals surface area contributed by atoms with Gasteiger partial charge in [-0.25, -0.2) is 0 Å². The molecule has 1 heterocycles. The van der Waals surface area contributed by atoms with E-state index in [1.54, 1.807) is 7.11 Å². The van der Waals surface area contributed by atoms with Gasteiger partial charge in [-0.05, 0) is 53.9 Å². The topological polar surface area (TPSA) is 21.3 Å². The lowest BCUT2D eigenvalue weighted by atomic mass is 9.93. The molecule has 0 atom stereocenters. The third-order valence-corrected chi connectivity index (χ3v) is 3.50. The molecule has 1 aliphatic heterocycles. The predicted molar refractivity (Wildman–Crippen MR) is 70.6 cm³/mol. The first-order valence-electron chi connectivity index (χ1n) is 6.12. The Morgan fingerprint density at radius 1 is 1.12 bits per heavy atom. The third kappa shape index (κ3) is 2.13. The average Bonchev–Trinajstić information content (AvgIpc) is 2.33. The normalized spacial score (nSPS) is 15.8. The number of hydrogen-bond donors (Lipinski definition) is 1. The molecule has 0 amide bonds. The third-order valence-electron chi connectivity index (χ3n) is 3.50. The maximum absolute atomic E-state index is 5.24. The van der Waals surface area contributed by atoms with Crippen LogP contribution in [0, 0.1) is 5.92 Å². The molecule has 0 unspecified atom stereocenters. The van der Waals surface area contributed by atoms with Gasteiger partial charge in [0.15, 0.2) is 0 Å². The van der Waals surface area contributed by atoms with Crippen molar-refractivity contribution in [1.82, 2.24) is 5.32 Å². The molecule has 88 valence electrons. The highest BCUT2D eigenvalue weighted by atomic mass is 16.5. The lowest BCUT2D eigenvalue weighted by Gasteiger charge is -2.27. The molecule has 1 aliphatic rings. The number of fused-ring (bicyclic) bond motifs is 1. The van der Waals surface area contributed by atoms with E-state index < -0.39 is 0 Å². The maximum atomic E-state index is 5.24. The van der Waals surface area contributed by atoms with E-state index in [4.69, 9.17) is 4.74 Å². The summed E-state index contributed by atoms with van der Waals surface area (Å²) in [4.78, 5) is 0. The Morgan fingerprint density at radius 2 is 1.88 bits per heavy atom. The largest absolute Gasteiger partial charge is 0.497 e. The van der Waals surface area contributed by atoms with E-state index in [9.17, 15) is 0 Å². The van der Waals surface area contributed by atoms with Crippen molar-refractivity contribution in [3.05, 3.63) is 42.0 Å². The molecule has 0 radical (unpaired) electrons. The van der Waals surface area contributed by atoms with E-state index in [1.807, 2.05) is 6.07 Å². The summed E-state index contributed by atoms with van der Waals surface area (Å²) in [5.41, 5.74) is 1.44. The van der Waals surface area contributed by atoms with Gasteiger partial charge in [-0.1, -0.05) is 24.3 Å². The Hall–Kier alpha value is -1.54. The molecule has 0 bridgehead atoms. The Kier molecular flexibility index (Phi) is 2.73. The van der Waals surface area contributed by atoms with Crippen LogP contribution < -0.4 is 10.1 Å². The average molecular weight is 227 g/mol. The molecule has 0 saturated carbocycles. The van der Waals surface area contributed by atoms with Crippen LogP contribution in [0.2, 0.25) is 0 Å². The lowest BCUT2D eigenvalue weighted by molar-refractivity contribution is 0.346. The van der Waals surface area contributed by atoms with Crippen molar-refractivity contribution in [1.29, 1.82) is 0 Å². The molecule has 1 fully saturated rings. The highest BCUT2D eigenvalue weighted by Gasteiger charge is 2.16. The van der Waals surface area contributed by atoms with E-state index in [1.165, 1.54) is 35.8 Å². The van der Waals surface area contributed by atoms with Crippen LogP contribution in [0.4, 0.5) is 0 Å². The smallest absolute Gasteiger partial charge is 0.119 e. The first kappa shape index (κ1) is 10.6. The number of ether oxygens (including phenoxy) is 1. The minimum atomic E-state index is 0.825. The van der Waals surface area contributed by atoms with E-state index in [2.05, 4.69) is 35.6 Å². The van der Waals surface area contributed by atoms with Crippen molar-refractivity contribution in [2.75, 3.05) is 20.2 Å². The summed E-state index contributed by atoms with van der Waals surface area (Å²) in [6.07, 6.45) is 1.19. The van der Waals surface area contributed by atoms with Gasteiger partial charge in [-0.3, -0.25) is 0 Å². The molecule has 1 N–H and O–H groups in total. The summed E-state index contributed by atoms with van der Waals surface area (Å²) >= 11 is 0. The van der Waals surface area contributed by atoms with Crippen molar-refractivity contribution < 1.29 is 4.74 Å². The molecule has 0 aromatic heterocycles. The molecule has 3 rings (SSSR count). The highest BCUT2D eigenvalue weighted by Crippen LogP contribution is 2.23. The standard InChI is InChI=1S/C15H17NO/c1-17-15-5-4-13-7-11(2-3-14(13)8-15)6-12-9-16-10-12/h2-5,7-8,12,16H,6,9-10H2,1H3. The fourth-order valence-corrected chi connectivity index (χ4v) is 2.35. The zero-order valence-corrected chi connectivity index (χ0v) is 10.1. The van der Waals surface area contributed by atoms with Crippen LogP contribution in [0.15, 0.2) is 36.4 Å². The Morgan fingerprint density at radius 3 is 2.59 bits per heavy atom. The summed E-state index contributed by atoms with van der Waals surface area (Å²) in [5, 5.41) is 5.87. The van der Waals surface area contributed by atoms with Crippen LogP contribution in [-0.2, 0) is 6.42 Å². The van der Waals surface area contributed by atoms with Crippen molar-refractivity contribution >= 4 is 10.8 Å². The Balaban J connectivity index is 1.90. The number of rotatable bonds is 3. The summed E-state index contributed by atoms with van der Waals surface area (Å²) < 4.78 is 5.24. The Bertz CT molecular complexity index is 531. The van der Waals surface area contributed by atoms with E-state index in [0.29, 0.717) is 0 Å². The molecular weight excluding hydrogens is 210 g/mol. The second kappa shape index (κ2) is 4.38. The number of benzene rings is 2. The van der Waals surface area contributed by atoms with Crippen molar-refractivity contribution in [2.45, 2.75) is 6.42 Å². The molecule has 0 spiro atoms. The van der Waals surface area contributed by atoms with Crippen LogP contribution in [0.3, 0.4) is 0 Å². The molecule has 2 aromatic carbocycles. The summed E-state index contributed by atoms with van der Waals surface area (Å²) in [5.74, 6) is 1.75. The predicted octanol–water partition coefficient (Wildman–Crippen LogP) is 2.61. The number of nitrogens with one attached hydrogen (secondary N) is 1. The quantitative estimate of drug-likeness (QED) is 0.870. The SMILES string of the molecule is COc1ccc2cc(CC3CNC3)ccc2c1. The van der Waals surface area contributed by atoms with Gasteiger partial charge in [-0.2, -0.15) is 0 Å². The van der Waals surface area contributed by atoms with Crippen LogP contribution in [-0.4, -0.2) is 20.2 Å². The summed E-state index contributed by atoms with van der Waals surface area (Å²) in [7, 11) is 1.71. The molecule has 0 aliphatic carbocycles. The zero-order chi connectivity index (χ0) is 11.7. The molecule has 2 heteroatoms. The molecule has 2 nitrogen and oxygen atoms in total. The summed E-state index contributed by atoms with van der Waals surface area (Å²) in [6.45, 7) is 2.33. The maximum Gasteiger partial charge on any atom is 0.119 e. The lowest BCUT2D eigenvalue weighted by Crippen LogP contribution is -2.43.